The van der Waals surface area contributed by atoms with Crippen molar-refractivity contribution in [3.63, 3.8) is 0 Å². The molecule has 2 nitrogen and oxygen atoms in total. The Bertz CT molecular complexity index is 421. The fraction of sp³-hybridized carbons (Fsp3) is 0.615. The average Bonchev–Trinajstić information content (AvgIpc) is 3.02. The number of carbonyl (C=O) groups is 1. The maximum absolute atomic E-state index is 12.4. The van der Waals surface area contributed by atoms with E-state index in [0.29, 0.717) is 6.04 Å². The van der Waals surface area contributed by atoms with Crippen molar-refractivity contribution in [3.8, 4) is 0 Å². The zero-order valence-electron chi connectivity index (χ0n) is 9.75. The molecule has 1 atom stereocenters. The number of alkyl halides is 1. The maximum Gasteiger partial charge on any atom is 0.264 e. The SMILES string of the molecule is O=C(c1cc2c(s1)CCC2)N1CCCC1CBr. The summed E-state index contributed by atoms with van der Waals surface area (Å²) >= 11 is 5.23. The molecule has 0 spiro atoms. The Hall–Kier alpha value is -0.350. The number of amides is 1. The van der Waals surface area contributed by atoms with Gasteiger partial charge in [-0.1, -0.05) is 15.9 Å². The molecule has 0 aromatic carbocycles. The van der Waals surface area contributed by atoms with Gasteiger partial charge in [-0.3, -0.25) is 4.79 Å². The van der Waals surface area contributed by atoms with Crippen molar-refractivity contribution in [2.45, 2.75) is 38.1 Å². The van der Waals surface area contributed by atoms with Crippen LogP contribution in [0.25, 0.3) is 0 Å². The highest BCUT2D eigenvalue weighted by Gasteiger charge is 2.30. The van der Waals surface area contributed by atoms with E-state index in [1.54, 1.807) is 11.3 Å². The second-order valence-electron chi connectivity index (χ2n) is 4.86. The summed E-state index contributed by atoms with van der Waals surface area (Å²) < 4.78 is 0. The fourth-order valence-electron chi connectivity index (χ4n) is 2.84. The maximum atomic E-state index is 12.4. The second-order valence-corrected chi connectivity index (χ2v) is 6.65. The molecule has 1 amide bonds. The highest BCUT2D eigenvalue weighted by atomic mass is 79.9. The third-order valence-electron chi connectivity index (χ3n) is 3.77. The number of aryl methyl sites for hydroxylation is 2. The molecule has 1 saturated heterocycles. The lowest BCUT2D eigenvalue weighted by Crippen LogP contribution is -2.36. The first-order valence-electron chi connectivity index (χ1n) is 6.28. The van der Waals surface area contributed by atoms with Crippen LogP contribution in [0.5, 0.6) is 0 Å². The first-order chi connectivity index (χ1) is 8.29. The molecule has 0 bridgehead atoms. The predicted octanol–water partition coefficient (Wildman–Crippen LogP) is 3.24. The van der Waals surface area contributed by atoms with Crippen LogP contribution in [-0.2, 0) is 12.8 Å². The molecule has 2 aliphatic rings. The van der Waals surface area contributed by atoms with Gasteiger partial charge in [0.1, 0.15) is 0 Å². The molecule has 1 aliphatic carbocycles. The summed E-state index contributed by atoms with van der Waals surface area (Å²) in [4.78, 5) is 16.9. The Morgan fingerprint density at radius 3 is 3.12 bits per heavy atom. The summed E-state index contributed by atoms with van der Waals surface area (Å²) in [5, 5.41) is 0.907. The molecule has 0 radical (unpaired) electrons. The van der Waals surface area contributed by atoms with Crippen LogP contribution in [0.2, 0.25) is 0 Å². The average molecular weight is 314 g/mol. The number of hydrogen-bond donors (Lipinski definition) is 0. The third kappa shape index (κ3) is 2.06. The van der Waals surface area contributed by atoms with E-state index in [0.717, 1.165) is 29.6 Å². The monoisotopic (exact) mass is 313 g/mol. The van der Waals surface area contributed by atoms with Gasteiger partial charge in [-0.2, -0.15) is 0 Å². The summed E-state index contributed by atoms with van der Waals surface area (Å²) in [6, 6.07) is 2.54. The molecule has 1 aromatic rings. The van der Waals surface area contributed by atoms with Crippen LogP contribution in [0, 0.1) is 0 Å². The van der Waals surface area contributed by atoms with Crippen LogP contribution in [-0.4, -0.2) is 28.7 Å². The van der Waals surface area contributed by atoms with E-state index >= 15 is 0 Å². The molecule has 1 unspecified atom stereocenters. The summed E-state index contributed by atoms with van der Waals surface area (Å²) in [7, 11) is 0. The number of thiophene rings is 1. The predicted molar refractivity (Wildman–Crippen MR) is 74.2 cm³/mol. The van der Waals surface area contributed by atoms with Crippen LogP contribution in [0.3, 0.4) is 0 Å². The molecule has 0 N–H and O–H groups in total. The summed E-state index contributed by atoms with van der Waals surface area (Å²) in [6.07, 6.45) is 5.90. The molecule has 3 rings (SSSR count). The fourth-order valence-corrected chi connectivity index (χ4v) is 4.72. The highest BCUT2D eigenvalue weighted by molar-refractivity contribution is 9.09. The quantitative estimate of drug-likeness (QED) is 0.768. The van der Waals surface area contributed by atoms with Crippen molar-refractivity contribution in [2.75, 3.05) is 11.9 Å². The molecule has 1 fully saturated rings. The number of likely N-dealkylation sites (tertiary alicyclic amines) is 1. The molecule has 1 aliphatic heterocycles. The zero-order chi connectivity index (χ0) is 11.8. The van der Waals surface area contributed by atoms with Gasteiger partial charge in [0.25, 0.3) is 5.91 Å². The molecule has 2 heterocycles. The topological polar surface area (TPSA) is 20.3 Å². The van der Waals surface area contributed by atoms with Crippen LogP contribution in [0.4, 0.5) is 0 Å². The van der Waals surface area contributed by atoms with E-state index in [2.05, 4.69) is 26.9 Å². The largest absolute Gasteiger partial charge is 0.334 e. The lowest BCUT2D eigenvalue weighted by Gasteiger charge is -2.22. The van der Waals surface area contributed by atoms with Gasteiger partial charge in [-0.25, -0.2) is 0 Å². The molecule has 0 saturated carbocycles. The van der Waals surface area contributed by atoms with E-state index in [4.69, 9.17) is 0 Å². The minimum atomic E-state index is 0.256. The first-order valence-corrected chi connectivity index (χ1v) is 8.22. The number of nitrogens with zero attached hydrogens (tertiary/aromatic N) is 1. The Morgan fingerprint density at radius 2 is 2.35 bits per heavy atom. The van der Waals surface area contributed by atoms with Crippen LogP contribution in [0.15, 0.2) is 6.07 Å². The first kappa shape index (κ1) is 11.7. The molecule has 4 heteroatoms. The number of halogens is 1. The molecular formula is C13H16BrNOS. The van der Waals surface area contributed by atoms with Crippen molar-refractivity contribution in [2.24, 2.45) is 0 Å². The summed E-state index contributed by atoms with van der Waals surface area (Å²) in [5.74, 6) is 0.256. The Balaban J connectivity index is 1.81. The van der Waals surface area contributed by atoms with Gasteiger partial charge in [0.15, 0.2) is 0 Å². The minimum Gasteiger partial charge on any atom is -0.334 e. The smallest absolute Gasteiger partial charge is 0.264 e. The van der Waals surface area contributed by atoms with E-state index in [1.807, 2.05) is 0 Å². The van der Waals surface area contributed by atoms with E-state index in [9.17, 15) is 4.79 Å². The van der Waals surface area contributed by atoms with Gasteiger partial charge in [0.2, 0.25) is 0 Å². The van der Waals surface area contributed by atoms with Gasteiger partial charge in [-0.15, -0.1) is 11.3 Å². The van der Waals surface area contributed by atoms with Gasteiger partial charge < -0.3 is 4.90 Å². The van der Waals surface area contributed by atoms with Gasteiger partial charge in [0.05, 0.1) is 4.88 Å². The van der Waals surface area contributed by atoms with Crippen LogP contribution >= 0.6 is 27.3 Å². The van der Waals surface area contributed by atoms with Crippen molar-refractivity contribution in [1.29, 1.82) is 0 Å². The third-order valence-corrected chi connectivity index (χ3v) is 5.75. The van der Waals surface area contributed by atoms with E-state index in [1.165, 1.54) is 29.7 Å². The Kier molecular flexibility index (Phi) is 3.26. The molecule has 1 aromatic heterocycles. The summed E-state index contributed by atoms with van der Waals surface area (Å²) in [5.41, 5.74) is 1.42. The number of carbonyl (C=O) groups excluding carboxylic acids is 1. The molecule has 17 heavy (non-hydrogen) atoms. The Morgan fingerprint density at radius 1 is 1.47 bits per heavy atom. The lowest BCUT2D eigenvalue weighted by molar-refractivity contribution is 0.0755. The van der Waals surface area contributed by atoms with Crippen LogP contribution in [0.1, 0.15) is 39.4 Å². The zero-order valence-corrected chi connectivity index (χ0v) is 12.1. The highest BCUT2D eigenvalue weighted by Crippen LogP contribution is 2.32. The van der Waals surface area contributed by atoms with Crippen molar-refractivity contribution in [3.05, 3.63) is 21.4 Å². The number of fused-ring (bicyclic) bond motifs is 1. The summed E-state index contributed by atoms with van der Waals surface area (Å²) in [6.45, 7) is 0.928. The number of hydrogen-bond acceptors (Lipinski definition) is 2. The van der Waals surface area contributed by atoms with E-state index < -0.39 is 0 Å². The normalized spacial score (nSPS) is 23.1. The Labute approximate surface area is 114 Å². The molecule has 92 valence electrons. The minimum absolute atomic E-state index is 0.256. The standard InChI is InChI=1S/C13H16BrNOS/c14-8-10-4-2-6-15(10)13(16)12-7-9-3-1-5-11(9)17-12/h7,10H,1-6,8H2. The van der Waals surface area contributed by atoms with Gasteiger partial charge in [0, 0.05) is 22.8 Å². The van der Waals surface area contributed by atoms with E-state index in [-0.39, 0.29) is 5.91 Å². The van der Waals surface area contributed by atoms with Gasteiger partial charge >= 0.3 is 0 Å². The van der Waals surface area contributed by atoms with Crippen molar-refractivity contribution in [1.82, 2.24) is 4.90 Å². The number of rotatable bonds is 2. The lowest BCUT2D eigenvalue weighted by atomic mass is 10.2. The van der Waals surface area contributed by atoms with Crippen LogP contribution < -0.4 is 0 Å². The van der Waals surface area contributed by atoms with Gasteiger partial charge in [-0.05, 0) is 43.7 Å². The molecular weight excluding hydrogens is 298 g/mol. The second kappa shape index (κ2) is 4.73. The van der Waals surface area contributed by atoms with Crippen molar-refractivity contribution < 1.29 is 4.79 Å². The van der Waals surface area contributed by atoms with Crippen molar-refractivity contribution >= 4 is 33.2 Å².